The third-order valence-corrected chi connectivity index (χ3v) is 4.63. The molecule has 2 aliphatic heterocycles. The number of ketones is 1. The number of Topliss-reactive ketones (excluding diaryl/α,β-unsaturated/α-hetero) is 1. The molecule has 2 heterocycles. The Labute approximate surface area is 132 Å². The zero-order chi connectivity index (χ0) is 16.3. The van der Waals surface area contributed by atoms with Crippen LogP contribution in [0.2, 0.25) is 0 Å². The quantitative estimate of drug-likeness (QED) is 0.636. The zero-order valence-corrected chi connectivity index (χ0v) is 12.5. The molecule has 2 atom stereocenters. The summed E-state index contributed by atoms with van der Waals surface area (Å²) in [6.07, 6.45) is 5.11. The van der Waals surface area contributed by atoms with Crippen LogP contribution in [-0.2, 0) is 9.53 Å². The molecule has 118 valence electrons. The Kier molecular flexibility index (Phi) is 2.98. The van der Waals surface area contributed by atoms with Crippen molar-refractivity contribution < 1.29 is 24.9 Å². The van der Waals surface area contributed by atoms with Crippen molar-refractivity contribution in [2.75, 3.05) is 0 Å². The lowest BCUT2D eigenvalue weighted by Gasteiger charge is -2.27. The smallest absolute Gasteiger partial charge is 0.163 e. The highest BCUT2D eigenvalue weighted by molar-refractivity contribution is 6.03. The topological polar surface area (TPSA) is 87.0 Å². The normalized spacial score (nSPS) is 29.6. The molecule has 5 heteroatoms. The maximum Gasteiger partial charge on any atom is 0.163 e. The van der Waals surface area contributed by atoms with Crippen molar-refractivity contribution in [3.8, 4) is 0 Å². The number of aliphatic hydroxyl groups is 3. The molecule has 0 saturated heterocycles. The van der Waals surface area contributed by atoms with E-state index in [0.717, 1.165) is 5.57 Å². The molecular formula is C18H16O5. The third kappa shape index (κ3) is 1.97. The van der Waals surface area contributed by atoms with Crippen LogP contribution in [0.25, 0.3) is 0 Å². The minimum Gasteiger partial charge on any atom is -0.509 e. The molecule has 0 spiro atoms. The molecule has 4 rings (SSSR count). The molecule has 0 aromatic rings. The summed E-state index contributed by atoms with van der Waals surface area (Å²) >= 11 is 0. The molecular weight excluding hydrogens is 296 g/mol. The number of allylic oxidation sites excluding steroid dienone is 8. The minimum atomic E-state index is -1.39. The van der Waals surface area contributed by atoms with Crippen LogP contribution in [0.1, 0.15) is 19.8 Å². The molecule has 5 nitrogen and oxygen atoms in total. The maximum atomic E-state index is 12.1. The second-order valence-corrected chi connectivity index (χ2v) is 6.10. The van der Waals surface area contributed by atoms with Gasteiger partial charge in [0.15, 0.2) is 5.78 Å². The first-order valence-corrected chi connectivity index (χ1v) is 7.54. The van der Waals surface area contributed by atoms with Crippen molar-refractivity contribution in [3.63, 3.8) is 0 Å². The maximum absolute atomic E-state index is 12.1. The third-order valence-electron chi connectivity index (χ3n) is 4.63. The molecule has 23 heavy (non-hydrogen) atoms. The van der Waals surface area contributed by atoms with E-state index in [1.54, 1.807) is 18.2 Å². The van der Waals surface area contributed by atoms with E-state index in [4.69, 9.17) is 4.74 Å². The first-order chi connectivity index (χ1) is 11.0. The number of hydrogen-bond donors (Lipinski definition) is 3. The Hall–Kier alpha value is -2.37. The molecule has 2 bridgehead atoms. The van der Waals surface area contributed by atoms with Gasteiger partial charge in [0, 0.05) is 23.1 Å². The molecule has 1 fully saturated rings. The van der Waals surface area contributed by atoms with Gasteiger partial charge in [0.25, 0.3) is 0 Å². The Balaban J connectivity index is 1.98. The van der Waals surface area contributed by atoms with Crippen LogP contribution >= 0.6 is 0 Å². The largest absolute Gasteiger partial charge is 0.509 e. The van der Waals surface area contributed by atoms with Crippen LogP contribution in [0.4, 0.5) is 0 Å². The highest BCUT2D eigenvalue weighted by atomic mass is 16.5. The van der Waals surface area contributed by atoms with Crippen molar-refractivity contribution in [2.24, 2.45) is 0 Å². The van der Waals surface area contributed by atoms with E-state index in [2.05, 4.69) is 0 Å². The molecule has 0 amide bonds. The van der Waals surface area contributed by atoms with Crippen molar-refractivity contribution in [1.82, 2.24) is 0 Å². The van der Waals surface area contributed by atoms with Gasteiger partial charge < -0.3 is 20.1 Å². The number of hydrogen-bond acceptors (Lipinski definition) is 5. The predicted molar refractivity (Wildman–Crippen MR) is 82.0 cm³/mol. The highest BCUT2D eigenvalue weighted by Crippen LogP contribution is 2.42. The lowest BCUT2D eigenvalue weighted by Crippen LogP contribution is -2.34. The van der Waals surface area contributed by atoms with Gasteiger partial charge in [-0.05, 0) is 42.7 Å². The first kappa shape index (κ1) is 14.2. The van der Waals surface area contributed by atoms with Gasteiger partial charge >= 0.3 is 0 Å². The average Bonchev–Trinajstić information content (AvgIpc) is 2.71. The van der Waals surface area contributed by atoms with E-state index in [1.807, 2.05) is 6.92 Å². The van der Waals surface area contributed by atoms with Crippen molar-refractivity contribution in [2.45, 2.75) is 32.0 Å². The predicted octanol–water partition coefficient (Wildman–Crippen LogP) is 1.88. The van der Waals surface area contributed by atoms with Crippen molar-refractivity contribution in [1.29, 1.82) is 0 Å². The average molecular weight is 312 g/mol. The van der Waals surface area contributed by atoms with Crippen LogP contribution in [0, 0.1) is 0 Å². The molecule has 3 N–H and O–H groups in total. The fraction of sp³-hybridized carbons (Fsp3) is 0.278. The van der Waals surface area contributed by atoms with Gasteiger partial charge in [-0.3, -0.25) is 4.79 Å². The molecule has 0 aromatic heterocycles. The Morgan fingerprint density at radius 3 is 2.70 bits per heavy atom. The zero-order valence-electron chi connectivity index (χ0n) is 12.5. The van der Waals surface area contributed by atoms with Crippen molar-refractivity contribution >= 4 is 5.78 Å². The minimum absolute atomic E-state index is 0.0895. The molecule has 2 aliphatic carbocycles. The molecule has 0 aromatic carbocycles. The summed E-state index contributed by atoms with van der Waals surface area (Å²) in [5.74, 6) is 0.820. The van der Waals surface area contributed by atoms with E-state index in [1.165, 1.54) is 6.08 Å². The van der Waals surface area contributed by atoms with Crippen LogP contribution in [-0.4, -0.2) is 33.3 Å². The van der Waals surface area contributed by atoms with Crippen molar-refractivity contribution in [3.05, 3.63) is 69.4 Å². The molecule has 0 radical (unpaired) electrons. The van der Waals surface area contributed by atoms with Gasteiger partial charge in [0.05, 0.1) is 0 Å². The van der Waals surface area contributed by atoms with Crippen LogP contribution in [0.5, 0.6) is 0 Å². The van der Waals surface area contributed by atoms with Gasteiger partial charge in [-0.1, -0.05) is 6.08 Å². The van der Waals surface area contributed by atoms with Gasteiger partial charge in [0.2, 0.25) is 0 Å². The second-order valence-electron chi connectivity index (χ2n) is 6.10. The number of ether oxygens (including phenoxy) is 1. The fourth-order valence-corrected chi connectivity index (χ4v) is 3.42. The first-order valence-electron chi connectivity index (χ1n) is 7.54. The summed E-state index contributed by atoms with van der Waals surface area (Å²) < 4.78 is 6.00. The van der Waals surface area contributed by atoms with E-state index >= 15 is 0 Å². The SMILES string of the molecule is CC1=C2OC(=C3CCC(=O)C3=C1)C=CC1=C2C(O)[C@H](O)C(O)=C1. The highest BCUT2D eigenvalue weighted by Gasteiger charge is 2.37. The number of aliphatic hydroxyl groups excluding tert-OH is 3. The summed E-state index contributed by atoms with van der Waals surface area (Å²) in [5, 5.41) is 30.1. The summed E-state index contributed by atoms with van der Waals surface area (Å²) in [6.45, 7) is 1.81. The molecule has 4 aliphatic rings. The van der Waals surface area contributed by atoms with Gasteiger partial charge in [-0.2, -0.15) is 0 Å². The summed E-state index contributed by atoms with van der Waals surface area (Å²) in [6, 6.07) is 0. The second kappa shape index (κ2) is 4.81. The Bertz CT molecular complexity index is 816. The lowest BCUT2D eigenvalue weighted by atomic mass is 9.88. The van der Waals surface area contributed by atoms with E-state index in [-0.39, 0.29) is 11.5 Å². The van der Waals surface area contributed by atoms with E-state index < -0.39 is 12.2 Å². The van der Waals surface area contributed by atoms with E-state index in [9.17, 15) is 20.1 Å². The number of rotatable bonds is 0. The van der Waals surface area contributed by atoms with Gasteiger partial charge in [0.1, 0.15) is 29.5 Å². The summed E-state index contributed by atoms with van der Waals surface area (Å²) in [4.78, 5) is 12.1. The lowest BCUT2D eigenvalue weighted by molar-refractivity contribution is -0.114. The monoisotopic (exact) mass is 312 g/mol. The van der Waals surface area contributed by atoms with Crippen LogP contribution in [0.15, 0.2) is 69.4 Å². The summed E-state index contributed by atoms with van der Waals surface area (Å²) in [5.41, 5.74) is 3.24. The number of carbonyl (C=O) groups excluding carboxylic acids is 1. The standard InChI is InChI=1S/C18H16O5/c1-8-6-11-10(3-4-12(11)19)14-5-2-9-7-13(20)16(21)17(22)15(9)18(8)23-14/h2,5-7,16-17,20-22H,3-4H2,1H3/t16-,17?/m1/s1. The number of carbonyl (C=O) groups is 1. The van der Waals surface area contributed by atoms with E-state index in [0.29, 0.717) is 46.7 Å². The summed E-state index contributed by atoms with van der Waals surface area (Å²) in [7, 11) is 0. The Morgan fingerprint density at radius 2 is 1.91 bits per heavy atom. The molecule has 1 saturated carbocycles. The van der Waals surface area contributed by atoms with Gasteiger partial charge in [-0.25, -0.2) is 0 Å². The fourth-order valence-electron chi connectivity index (χ4n) is 3.42. The van der Waals surface area contributed by atoms with Crippen LogP contribution in [0.3, 0.4) is 0 Å². The Morgan fingerprint density at radius 1 is 1.13 bits per heavy atom. The van der Waals surface area contributed by atoms with Crippen LogP contribution < -0.4 is 0 Å². The number of fused-ring (bicyclic) bond motifs is 4. The van der Waals surface area contributed by atoms with Gasteiger partial charge in [-0.15, -0.1) is 0 Å². The molecule has 1 unspecified atom stereocenters.